The Morgan fingerprint density at radius 3 is 2.44 bits per heavy atom. The summed E-state index contributed by atoms with van der Waals surface area (Å²) in [4.78, 5) is 30.2. The van der Waals surface area contributed by atoms with Gasteiger partial charge < -0.3 is 10.2 Å². The number of piperidine rings is 1. The van der Waals surface area contributed by atoms with Crippen LogP contribution >= 0.6 is 0 Å². The van der Waals surface area contributed by atoms with Crippen molar-refractivity contribution in [1.29, 1.82) is 0 Å². The Morgan fingerprint density at radius 2 is 1.84 bits per heavy atom. The Bertz CT molecular complexity index is 779. The number of benzene rings is 1. The molecule has 7 nitrogen and oxygen atoms in total. The van der Waals surface area contributed by atoms with Gasteiger partial charge in [-0.1, -0.05) is 0 Å². The van der Waals surface area contributed by atoms with Crippen molar-refractivity contribution in [2.24, 2.45) is 5.92 Å². The maximum absolute atomic E-state index is 13.1. The first kappa shape index (κ1) is 17.1. The van der Waals surface area contributed by atoms with E-state index in [4.69, 9.17) is 0 Å². The summed E-state index contributed by atoms with van der Waals surface area (Å²) in [6.07, 6.45) is 1.26. The highest BCUT2D eigenvalue weighted by Crippen LogP contribution is 2.19. The second-order valence-corrected chi connectivity index (χ2v) is 6.05. The van der Waals surface area contributed by atoms with Crippen molar-refractivity contribution in [3.05, 3.63) is 41.7 Å². The smallest absolute Gasteiger partial charge is 0.293 e. The van der Waals surface area contributed by atoms with Crippen molar-refractivity contribution in [2.75, 3.05) is 20.1 Å². The zero-order chi connectivity index (χ0) is 18.0. The lowest BCUT2D eigenvalue weighted by Crippen LogP contribution is -2.42. The first-order chi connectivity index (χ1) is 12.0. The van der Waals surface area contributed by atoms with Crippen molar-refractivity contribution in [2.45, 2.75) is 19.8 Å². The number of aromatic nitrogens is 3. The monoisotopic (exact) mass is 345 g/mol. The lowest BCUT2D eigenvalue weighted by molar-refractivity contribution is -0.125. The molecule has 0 radical (unpaired) electrons. The molecule has 1 aromatic carbocycles. The molecule has 1 fully saturated rings. The van der Waals surface area contributed by atoms with Crippen molar-refractivity contribution in [3.8, 4) is 5.69 Å². The lowest BCUT2D eigenvalue weighted by Gasteiger charge is -2.30. The summed E-state index contributed by atoms with van der Waals surface area (Å²) in [5.74, 6) is 0.0359. The molecule has 1 N–H and O–H groups in total. The summed E-state index contributed by atoms with van der Waals surface area (Å²) in [5.41, 5.74) is 0.642. The number of carbonyl (C=O) groups excluding carboxylic acids is 2. The van der Waals surface area contributed by atoms with E-state index in [1.54, 1.807) is 31.0 Å². The standard InChI is InChI=1S/C17H20FN5O2/c1-11-20-15(21-23(11)14-5-3-13(18)4-6-14)17(25)22-9-7-12(8-10-22)16(24)19-2/h3-6,12H,7-10H2,1-2H3,(H,19,24). The first-order valence-electron chi connectivity index (χ1n) is 8.20. The van der Waals surface area contributed by atoms with Crippen LogP contribution in [0, 0.1) is 18.7 Å². The number of likely N-dealkylation sites (tertiary alicyclic amines) is 1. The fourth-order valence-electron chi connectivity index (χ4n) is 3.00. The number of amides is 2. The van der Waals surface area contributed by atoms with E-state index in [1.165, 1.54) is 16.8 Å². The van der Waals surface area contributed by atoms with E-state index in [-0.39, 0.29) is 29.4 Å². The third-order valence-corrected chi connectivity index (χ3v) is 4.43. The van der Waals surface area contributed by atoms with Gasteiger partial charge in [0.05, 0.1) is 5.69 Å². The van der Waals surface area contributed by atoms with E-state index in [0.29, 0.717) is 37.4 Å². The quantitative estimate of drug-likeness (QED) is 0.910. The number of hydrogen-bond acceptors (Lipinski definition) is 4. The van der Waals surface area contributed by atoms with Crippen LogP contribution in [0.2, 0.25) is 0 Å². The number of rotatable bonds is 3. The van der Waals surface area contributed by atoms with Crippen LogP contribution in [-0.4, -0.2) is 51.6 Å². The van der Waals surface area contributed by atoms with Gasteiger partial charge in [-0.3, -0.25) is 9.59 Å². The molecule has 132 valence electrons. The average molecular weight is 345 g/mol. The molecule has 2 aromatic rings. The van der Waals surface area contributed by atoms with Crippen molar-refractivity contribution < 1.29 is 14.0 Å². The molecule has 1 aromatic heterocycles. The van der Waals surface area contributed by atoms with Gasteiger partial charge >= 0.3 is 0 Å². The topological polar surface area (TPSA) is 80.1 Å². The van der Waals surface area contributed by atoms with Crippen molar-refractivity contribution in [3.63, 3.8) is 0 Å². The molecule has 0 bridgehead atoms. The van der Waals surface area contributed by atoms with Crippen molar-refractivity contribution >= 4 is 11.8 Å². The van der Waals surface area contributed by atoms with Crippen LogP contribution in [0.25, 0.3) is 5.69 Å². The molecule has 0 saturated carbocycles. The largest absolute Gasteiger partial charge is 0.359 e. The van der Waals surface area contributed by atoms with Gasteiger partial charge in [0.25, 0.3) is 5.91 Å². The zero-order valence-corrected chi connectivity index (χ0v) is 14.2. The van der Waals surface area contributed by atoms with Crippen molar-refractivity contribution in [1.82, 2.24) is 25.0 Å². The summed E-state index contributed by atoms with van der Waals surface area (Å²) in [6.45, 7) is 2.74. The van der Waals surface area contributed by atoms with E-state index in [0.717, 1.165) is 0 Å². The van der Waals surface area contributed by atoms with Crippen LogP contribution in [0.15, 0.2) is 24.3 Å². The van der Waals surface area contributed by atoms with E-state index in [1.807, 2.05) is 0 Å². The minimum Gasteiger partial charge on any atom is -0.359 e. The molecule has 0 unspecified atom stereocenters. The van der Waals surface area contributed by atoms with Gasteiger partial charge in [0, 0.05) is 26.1 Å². The number of aryl methyl sites for hydroxylation is 1. The molecule has 8 heteroatoms. The second kappa shape index (κ2) is 7.00. The van der Waals surface area contributed by atoms with Gasteiger partial charge in [-0.2, -0.15) is 0 Å². The average Bonchev–Trinajstić information content (AvgIpc) is 3.03. The number of nitrogens with one attached hydrogen (secondary N) is 1. The van der Waals surface area contributed by atoms with Gasteiger partial charge in [-0.15, -0.1) is 5.10 Å². The first-order valence-corrected chi connectivity index (χ1v) is 8.20. The summed E-state index contributed by atoms with van der Waals surface area (Å²) < 4.78 is 14.6. The van der Waals surface area contributed by atoms with E-state index >= 15 is 0 Å². The van der Waals surface area contributed by atoms with Gasteiger partial charge in [0.2, 0.25) is 11.7 Å². The van der Waals surface area contributed by atoms with E-state index in [9.17, 15) is 14.0 Å². The predicted molar refractivity (Wildman–Crippen MR) is 88.7 cm³/mol. The number of nitrogens with zero attached hydrogens (tertiary/aromatic N) is 4. The Kier molecular flexibility index (Phi) is 4.78. The van der Waals surface area contributed by atoms with Crippen LogP contribution in [0.1, 0.15) is 29.3 Å². The van der Waals surface area contributed by atoms with Gasteiger partial charge in [-0.25, -0.2) is 14.1 Å². The van der Waals surface area contributed by atoms with Crippen LogP contribution in [0.3, 0.4) is 0 Å². The van der Waals surface area contributed by atoms with Crippen LogP contribution in [0.5, 0.6) is 0 Å². The maximum Gasteiger partial charge on any atom is 0.293 e. The molecule has 0 atom stereocenters. The number of halogens is 1. The van der Waals surface area contributed by atoms with Crippen LogP contribution in [-0.2, 0) is 4.79 Å². The lowest BCUT2D eigenvalue weighted by atomic mass is 9.96. The van der Waals surface area contributed by atoms with Crippen LogP contribution in [0.4, 0.5) is 4.39 Å². The predicted octanol–water partition coefficient (Wildman–Crippen LogP) is 1.31. The van der Waals surface area contributed by atoms with Gasteiger partial charge in [0.1, 0.15) is 11.6 Å². The molecule has 2 amide bonds. The summed E-state index contributed by atoms with van der Waals surface area (Å²) in [5, 5.41) is 6.91. The molecule has 0 aliphatic carbocycles. The highest BCUT2D eigenvalue weighted by atomic mass is 19.1. The molecular weight excluding hydrogens is 325 g/mol. The number of hydrogen-bond donors (Lipinski definition) is 1. The molecule has 1 aliphatic rings. The molecule has 25 heavy (non-hydrogen) atoms. The zero-order valence-electron chi connectivity index (χ0n) is 14.2. The molecule has 2 heterocycles. The number of carbonyl (C=O) groups is 2. The Hall–Kier alpha value is -2.77. The minimum atomic E-state index is -0.336. The molecular formula is C17H20FN5O2. The Morgan fingerprint density at radius 1 is 1.20 bits per heavy atom. The highest BCUT2D eigenvalue weighted by Gasteiger charge is 2.29. The third kappa shape index (κ3) is 3.52. The normalized spacial score (nSPS) is 15.2. The van der Waals surface area contributed by atoms with Gasteiger partial charge in [0.15, 0.2) is 0 Å². The summed E-state index contributed by atoms with van der Waals surface area (Å²) in [7, 11) is 1.62. The minimum absolute atomic E-state index is 0.0154. The third-order valence-electron chi connectivity index (χ3n) is 4.43. The Balaban J connectivity index is 1.72. The maximum atomic E-state index is 13.1. The summed E-state index contributed by atoms with van der Waals surface area (Å²) in [6, 6.07) is 5.84. The molecule has 1 saturated heterocycles. The van der Waals surface area contributed by atoms with E-state index < -0.39 is 0 Å². The van der Waals surface area contributed by atoms with E-state index in [2.05, 4.69) is 15.4 Å². The van der Waals surface area contributed by atoms with Gasteiger partial charge in [-0.05, 0) is 44.0 Å². The molecule has 0 spiro atoms. The fourth-order valence-corrected chi connectivity index (χ4v) is 3.00. The Labute approximate surface area is 144 Å². The highest BCUT2D eigenvalue weighted by molar-refractivity contribution is 5.90. The van der Waals surface area contributed by atoms with Crippen LogP contribution < -0.4 is 5.32 Å². The SMILES string of the molecule is CNC(=O)C1CCN(C(=O)c2nc(C)n(-c3ccc(F)cc3)n2)CC1. The second-order valence-electron chi connectivity index (χ2n) is 6.05. The molecule has 3 rings (SSSR count). The molecule has 1 aliphatic heterocycles. The summed E-state index contributed by atoms with van der Waals surface area (Å²) >= 11 is 0. The fraction of sp³-hybridized carbons (Fsp3) is 0.412.